The summed E-state index contributed by atoms with van der Waals surface area (Å²) < 4.78 is 2.14. The predicted octanol–water partition coefficient (Wildman–Crippen LogP) is 3.23. The van der Waals surface area contributed by atoms with Crippen LogP contribution in [0.2, 0.25) is 0 Å². The molecule has 27 heavy (non-hydrogen) atoms. The number of piperidine rings is 1. The van der Waals surface area contributed by atoms with Crippen molar-refractivity contribution in [2.24, 2.45) is 0 Å². The summed E-state index contributed by atoms with van der Waals surface area (Å²) in [7, 11) is 0. The topological polar surface area (TPSA) is 71.8 Å². The Morgan fingerprint density at radius 2 is 1.93 bits per heavy atom. The minimum atomic E-state index is 0.198. The van der Waals surface area contributed by atoms with Crippen molar-refractivity contribution in [3.8, 4) is 0 Å². The summed E-state index contributed by atoms with van der Waals surface area (Å²) in [6.45, 7) is 12.8. The van der Waals surface area contributed by atoms with Gasteiger partial charge in [0.1, 0.15) is 23.8 Å². The minimum absolute atomic E-state index is 0.198. The van der Waals surface area contributed by atoms with Crippen molar-refractivity contribution in [1.82, 2.24) is 30.0 Å². The second kappa shape index (κ2) is 8.78. The van der Waals surface area contributed by atoms with E-state index < -0.39 is 0 Å². The number of anilines is 1. The average Bonchev–Trinajstić information content (AvgIpc) is 3.12. The fourth-order valence-electron chi connectivity index (χ4n) is 3.77. The summed E-state index contributed by atoms with van der Waals surface area (Å²) in [6.07, 6.45) is 6.05. The predicted molar refractivity (Wildman–Crippen MR) is 108 cm³/mol. The third-order valence-corrected chi connectivity index (χ3v) is 5.21. The third-order valence-electron chi connectivity index (χ3n) is 5.21. The van der Waals surface area contributed by atoms with Crippen LogP contribution in [0.3, 0.4) is 0 Å². The van der Waals surface area contributed by atoms with Crippen LogP contribution in [-0.2, 0) is 6.42 Å². The van der Waals surface area contributed by atoms with Crippen LogP contribution in [-0.4, -0.2) is 43.9 Å². The first-order valence-electron chi connectivity index (χ1n) is 10.2. The van der Waals surface area contributed by atoms with Gasteiger partial charge in [-0.15, -0.1) is 10.2 Å². The first-order chi connectivity index (χ1) is 13.0. The van der Waals surface area contributed by atoms with Crippen LogP contribution in [0.15, 0.2) is 12.4 Å². The van der Waals surface area contributed by atoms with Crippen LogP contribution in [0.25, 0.3) is 0 Å². The smallest absolute Gasteiger partial charge is 0.149 e. The Kier molecular flexibility index (Phi) is 6.42. The van der Waals surface area contributed by atoms with Crippen LogP contribution in [0.4, 0.5) is 5.82 Å². The van der Waals surface area contributed by atoms with Crippen molar-refractivity contribution in [3.05, 3.63) is 29.7 Å². The highest BCUT2D eigenvalue weighted by Gasteiger charge is 2.24. The van der Waals surface area contributed by atoms with E-state index >= 15 is 0 Å². The zero-order chi connectivity index (χ0) is 19.4. The molecule has 1 aliphatic heterocycles. The maximum Gasteiger partial charge on any atom is 0.149 e. The molecule has 0 spiro atoms. The molecule has 1 aliphatic rings. The van der Waals surface area contributed by atoms with E-state index in [0.717, 1.165) is 61.9 Å². The van der Waals surface area contributed by atoms with E-state index in [4.69, 9.17) is 4.98 Å². The molecule has 0 radical (unpaired) electrons. The van der Waals surface area contributed by atoms with E-state index in [1.165, 1.54) is 0 Å². The minimum Gasteiger partial charge on any atom is -0.356 e. The van der Waals surface area contributed by atoms with E-state index in [2.05, 4.69) is 70.7 Å². The van der Waals surface area contributed by atoms with Gasteiger partial charge in [0, 0.05) is 43.4 Å². The molecule has 2 aromatic heterocycles. The number of hydrogen-bond donors (Lipinski definition) is 1. The summed E-state index contributed by atoms with van der Waals surface area (Å²) in [6, 6.07) is 3.18. The Bertz CT molecular complexity index is 732. The van der Waals surface area contributed by atoms with Gasteiger partial charge in [0.05, 0.1) is 6.04 Å². The third kappa shape index (κ3) is 4.83. The summed E-state index contributed by atoms with van der Waals surface area (Å²) in [5.41, 5.74) is 1.06. The van der Waals surface area contributed by atoms with E-state index in [-0.39, 0.29) is 6.04 Å². The van der Waals surface area contributed by atoms with E-state index in [0.29, 0.717) is 12.1 Å². The fourth-order valence-corrected chi connectivity index (χ4v) is 3.77. The van der Waals surface area contributed by atoms with Crippen molar-refractivity contribution in [3.63, 3.8) is 0 Å². The molecule has 0 aromatic carbocycles. The number of rotatable bonds is 7. The highest BCUT2D eigenvalue weighted by Crippen LogP contribution is 2.22. The number of nitrogens with one attached hydrogen (secondary N) is 1. The molecule has 2 aromatic rings. The standard InChI is InChI=1S/C20H33N7/c1-6-7-18-22-15(4)12-19(24-18)26-10-8-17(9-11-26)23-16(5)20-25-21-13-27(20)14(2)3/h12-14,16-17,23H,6-11H2,1-5H3/t16-/m1/s1. The second-order valence-corrected chi connectivity index (χ2v) is 7.87. The number of nitrogens with zero attached hydrogens (tertiary/aromatic N) is 6. The van der Waals surface area contributed by atoms with Crippen molar-refractivity contribution in [2.45, 2.75) is 78.4 Å². The molecule has 1 atom stereocenters. The van der Waals surface area contributed by atoms with Crippen molar-refractivity contribution >= 4 is 5.82 Å². The quantitative estimate of drug-likeness (QED) is 0.806. The van der Waals surface area contributed by atoms with Gasteiger partial charge in [-0.25, -0.2) is 9.97 Å². The maximum atomic E-state index is 4.78. The van der Waals surface area contributed by atoms with Crippen LogP contribution in [0.5, 0.6) is 0 Å². The molecule has 3 heterocycles. The lowest BCUT2D eigenvalue weighted by Crippen LogP contribution is -2.44. The number of aromatic nitrogens is 5. The van der Waals surface area contributed by atoms with E-state index in [1.807, 2.05) is 6.33 Å². The fraction of sp³-hybridized carbons (Fsp3) is 0.700. The average molecular weight is 372 g/mol. The zero-order valence-corrected chi connectivity index (χ0v) is 17.3. The van der Waals surface area contributed by atoms with Crippen LogP contribution in [0, 0.1) is 6.92 Å². The Hall–Kier alpha value is -2.02. The van der Waals surface area contributed by atoms with Gasteiger partial charge >= 0.3 is 0 Å². The van der Waals surface area contributed by atoms with E-state index in [9.17, 15) is 0 Å². The SMILES string of the molecule is CCCc1nc(C)cc(N2CCC(N[C@H](C)c3nncn3C(C)C)CC2)n1. The summed E-state index contributed by atoms with van der Waals surface area (Å²) in [5, 5.41) is 12.2. The molecule has 0 saturated carbocycles. The van der Waals surface area contributed by atoms with Gasteiger partial charge in [0.25, 0.3) is 0 Å². The molecule has 3 rings (SSSR count). The molecule has 148 valence electrons. The molecule has 0 amide bonds. The lowest BCUT2D eigenvalue weighted by molar-refractivity contribution is 0.363. The van der Waals surface area contributed by atoms with Crippen molar-refractivity contribution in [2.75, 3.05) is 18.0 Å². The van der Waals surface area contributed by atoms with Gasteiger partial charge in [-0.3, -0.25) is 0 Å². The Labute approximate surface area is 162 Å². The van der Waals surface area contributed by atoms with Gasteiger partial charge in [-0.1, -0.05) is 6.92 Å². The normalized spacial score (nSPS) is 16.9. The van der Waals surface area contributed by atoms with Crippen LogP contribution in [0.1, 0.15) is 76.4 Å². The van der Waals surface area contributed by atoms with Gasteiger partial charge in [-0.2, -0.15) is 0 Å². The summed E-state index contributed by atoms with van der Waals surface area (Å²) in [5.74, 6) is 3.06. The maximum absolute atomic E-state index is 4.78. The second-order valence-electron chi connectivity index (χ2n) is 7.87. The van der Waals surface area contributed by atoms with Gasteiger partial charge in [0.15, 0.2) is 0 Å². The molecule has 0 aliphatic carbocycles. The first kappa shape index (κ1) is 19.7. The lowest BCUT2D eigenvalue weighted by atomic mass is 10.0. The monoisotopic (exact) mass is 371 g/mol. The Morgan fingerprint density at radius 1 is 1.19 bits per heavy atom. The molecule has 1 N–H and O–H groups in total. The molecular weight excluding hydrogens is 338 g/mol. The Balaban J connectivity index is 1.58. The molecule has 1 fully saturated rings. The summed E-state index contributed by atoms with van der Waals surface area (Å²) in [4.78, 5) is 11.7. The van der Waals surface area contributed by atoms with Crippen LogP contribution >= 0.6 is 0 Å². The van der Waals surface area contributed by atoms with E-state index in [1.54, 1.807) is 0 Å². The molecule has 0 unspecified atom stereocenters. The highest BCUT2D eigenvalue weighted by atomic mass is 15.3. The number of aryl methyl sites for hydroxylation is 2. The zero-order valence-electron chi connectivity index (χ0n) is 17.3. The highest BCUT2D eigenvalue weighted by molar-refractivity contribution is 5.40. The molecule has 1 saturated heterocycles. The van der Waals surface area contributed by atoms with Gasteiger partial charge in [-0.05, 0) is 47.0 Å². The lowest BCUT2D eigenvalue weighted by Gasteiger charge is -2.34. The molecular formula is C20H33N7. The largest absolute Gasteiger partial charge is 0.356 e. The van der Waals surface area contributed by atoms with Crippen LogP contribution < -0.4 is 10.2 Å². The Morgan fingerprint density at radius 3 is 2.59 bits per heavy atom. The molecule has 0 bridgehead atoms. The van der Waals surface area contributed by atoms with Crippen molar-refractivity contribution < 1.29 is 0 Å². The summed E-state index contributed by atoms with van der Waals surface area (Å²) >= 11 is 0. The van der Waals surface area contributed by atoms with Crippen molar-refractivity contribution in [1.29, 1.82) is 0 Å². The first-order valence-corrected chi connectivity index (χ1v) is 10.2. The van der Waals surface area contributed by atoms with Gasteiger partial charge in [0.2, 0.25) is 0 Å². The molecule has 7 nitrogen and oxygen atoms in total. The number of hydrogen-bond acceptors (Lipinski definition) is 6. The molecule has 7 heteroatoms. The van der Waals surface area contributed by atoms with Gasteiger partial charge < -0.3 is 14.8 Å².